The van der Waals surface area contributed by atoms with Crippen molar-refractivity contribution in [2.45, 2.75) is 6.92 Å². The number of benzene rings is 6. The average Bonchev–Trinajstić information content (AvgIpc) is 2.91. The van der Waals surface area contributed by atoms with Crippen LogP contribution >= 0.6 is 0 Å². The number of hydrogen-bond donors (Lipinski definition) is 0. The van der Waals surface area contributed by atoms with Crippen LogP contribution in [-0.4, -0.2) is 4.98 Å². The van der Waals surface area contributed by atoms with Crippen LogP contribution in [0, 0.1) is 6.92 Å². The summed E-state index contributed by atoms with van der Waals surface area (Å²) in [5, 5.41) is 9.98. The lowest BCUT2D eigenvalue weighted by Gasteiger charge is -2.19. The highest BCUT2D eigenvalue weighted by Gasteiger charge is 2.18. The summed E-state index contributed by atoms with van der Waals surface area (Å²) in [6.07, 6.45) is 3.98. The average molecular weight is 446 g/mol. The predicted molar refractivity (Wildman–Crippen MR) is 150 cm³/mol. The molecule has 0 aliphatic carbocycles. The van der Waals surface area contributed by atoms with E-state index in [1.165, 1.54) is 65.5 Å². The van der Waals surface area contributed by atoms with E-state index in [2.05, 4.69) is 121 Å². The Morgan fingerprint density at radius 1 is 0.457 bits per heavy atom. The highest BCUT2D eigenvalue weighted by atomic mass is 14.6. The Hall–Kier alpha value is -4.49. The van der Waals surface area contributed by atoms with E-state index in [0.29, 0.717) is 0 Å². The highest BCUT2D eigenvalue weighted by molar-refractivity contribution is 6.23. The predicted octanol–water partition coefficient (Wildman–Crippen LogP) is 9.34. The first-order valence-corrected chi connectivity index (χ1v) is 12.1. The van der Waals surface area contributed by atoms with Gasteiger partial charge in [-0.05, 0) is 67.4 Å². The van der Waals surface area contributed by atoms with Gasteiger partial charge in [0.25, 0.3) is 0 Å². The molecule has 1 nitrogen and oxygen atoms in total. The molecule has 0 aliphatic rings. The topological polar surface area (TPSA) is 12.9 Å². The maximum atomic E-state index is 4.64. The van der Waals surface area contributed by atoms with E-state index in [1.54, 1.807) is 0 Å². The van der Waals surface area contributed by atoms with E-state index in [9.17, 15) is 0 Å². The van der Waals surface area contributed by atoms with Crippen molar-refractivity contribution < 1.29 is 0 Å². The Bertz CT molecular complexity index is 1910. The second-order valence-corrected chi connectivity index (χ2v) is 9.31. The van der Waals surface area contributed by atoms with E-state index >= 15 is 0 Å². The van der Waals surface area contributed by atoms with Crippen molar-refractivity contribution >= 4 is 43.1 Å². The number of aryl methyl sites for hydroxylation is 1. The molecular weight excluding hydrogens is 422 g/mol. The monoisotopic (exact) mass is 445 g/mol. The van der Waals surface area contributed by atoms with Gasteiger partial charge in [0.05, 0.1) is 0 Å². The Kier molecular flexibility index (Phi) is 4.43. The first-order valence-electron chi connectivity index (χ1n) is 12.1. The molecule has 0 bridgehead atoms. The van der Waals surface area contributed by atoms with Crippen LogP contribution in [0.5, 0.6) is 0 Å². The summed E-state index contributed by atoms with van der Waals surface area (Å²) in [7, 11) is 0. The lowest BCUT2D eigenvalue weighted by Crippen LogP contribution is -1.93. The van der Waals surface area contributed by atoms with Crippen LogP contribution in [-0.2, 0) is 0 Å². The molecule has 1 heterocycles. The van der Waals surface area contributed by atoms with Gasteiger partial charge in [-0.15, -0.1) is 0 Å². The second-order valence-electron chi connectivity index (χ2n) is 9.31. The van der Waals surface area contributed by atoms with Crippen molar-refractivity contribution in [2.75, 3.05) is 0 Å². The maximum Gasteiger partial charge on any atom is 0.0353 e. The van der Waals surface area contributed by atoms with Crippen molar-refractivity contribution in [2.24, 2.45) is 0 Å². The molecule has 0 unspecified atom stereocenters. The number of aromatic nitrogens is 1. The maximum absolute atomic E-state index is 4.64. The van der Waals surface area contributed by atoms with Gasteiger partial charge in [0.2, 0.25) is 0 Å². The zero-order valence-electron chi connectivity index (χ0n) is 19.5. The van der Waals surface area contributed by atoms with Gasteiger partial charge in [0.15, 0.2) is 0 Å². The minimum atomic E-state index is 1.16. The van der Waals surface area contributed by atoms with Crippen molar-refractivity contribution in [1.82, 2.24) is 4.98 Å². The summed E-state index contributed by atoms with van der Waals surface area (Å²) >= 11 is 0. The Morgan fingerprint density at radius 2 is 1.11 bits per heavy atom. The molecule has 0 saturated carbocycles. The summed E-state index contributed by atoms with van der Waals surface area (Å²) in [4.78, 5) is 4.64. The van der Waals surface area contributed by atoms with Crippen LogP contribution in [0.1, 0.15) is 5.56 Å². The number of fused-ring (bicyclic) bond motifs is 4. The van der Waals surface area contributed by atoms with Gasteiger partial charge in [0.1, 0.15) is 0 Å². The fraction of sp³-hybridized carbons (Fsp3) is 0.0294. The molecule has 0 atom stereocenters. The van der Waals surface area contributed by atoms with Crippen molar-refractivity contribution in [3.63, 3.8) is 0 Å². The van der Waals surface area contributed by atoms with Gasteiger partial charge in [-0.1, -0.05) is 109 Å². The smallest absolute Gasteiger partial charge is 0.0353 e. The second kappa shape index (κ2) is 7.78. The van der Waals surface area contributed by atoms with Crippen LogP contribution in [0.3, 0.4) is 0 Å². The number of nitrogens with zero attached hydrogens (tertiary/aromatic N) is 1. The lowest BCUT2D eigenvalue weighted by molar-refractivity contribution is 1.37. The fourth-order valence-electron chi connectivity index (χ4n) is 5.55. The number of pyridine rings is 1. The van der Waals surface area contributed by atoms with E-state index in [4.69, 9.17) is 0 Å². The molecule has 1 aromatic heterocycles. The third-order valence-electron chi connectivity index (χ3n) is 7.16. The van der Waals surface area contributed by atoms with Gasteiger partial charge in [-0.25, -0.2) is 0 Å². The number of hydrogen-bond acceptors (Lipinski definition) is 1. The SMILES string of the molecule is Cc1ccc2c(-c3cncc4ccccc34)c3ccccc3c(-c3ccc4ccccc4c3)c2c1. The molecule has 0 N–H and O–H groups in total. The van der Waals surface area contributed by atoms with Crippen molar-refractivity contribution in [1.29, 1.82) is 0 Å². The van der Waals surface area contributed by atoms with Crippen molar-refractivity contribution in [3.8, 4) is 22.3 Å². The van der Waals surface area contributed by atoms with E-state index in [0.717, 1.165) is 5.39 Å². The summed E-state index contributed by atoms with van der Waals surface area (Å²) in [6, 6.07) is 39.7. The van der Waals surface area contributed by atoms with E-state index in [1.807, 2.05) is 12.4 Å². The van der Waals surface area contributed by atoms with E-state index in [-0.39, 0.29) is 0 Å². The third-order valence-corrected chi connectivity index (χ3v) is 7.16. The molecule has 164 valence electrons. The number of rotatable bonds is 2. The van der Waals surface area contributed by atoms with Gasteiger partial charge in [-0.2, -0.15) is 0 Å². The summed E-state index contributed by atoms with van der Waals surface area (Å²) < 4.78 is 0. The van der Waals surface area contributed by atoms with E-state index < -0.39 is 0 Å². The normalized spacial score (nSPS) is 11.6. The van der Waals surface area contributed by atoms with Crippen LogP contribution in [0.15, 0.2) is 122 Å². The van der Waals surface area contributed by atoms with Gasteiger partial charge in [0, 0.05) is 23.3 Å². The standard InChI is InChI=1S/C34H23N/c1-22-14-17-30-31(18-22)33(25-16-15-23-8-2-3-9-24(23)19-25)28-12-6-7-13-29(28)34(30)32-21-35-20-26-10-4-5-11-27(26)32/h2-21H,1H3. The quantitative estimate of drug-likeness (QED) is 0.242. The van der Waals surface area contributed by atoms with Gasteiger partial charge < -0.3 is 0 Å². The zero-order valence-corrected chi connectivity index (χ0v) is 19.5. The first-order chi connectivity index (χ1) is 17.3. The van der Waals surface area contributed by atoms with Crippen LogP contribution in [0.4, 0.5) is 0 Å². The summed E-state index contributed by atoms with van der Waals surface area (Å²) in [6.45, 7) is 2.18. The molecule has 35 heavy (non-hydrogen) atoms. The largest absolute Gasteiger partial charge is 0.263 e. The minimum absolute atomic E-state index is 1.16. The molecule has 7 rings (SSSR count). The molecule has 0 saturated heterocycles. The first kappa shape index (κ1) is 19.9. The molecule has 0 amide bonds. The summed E-state index contributed by atoms with van der Waals surface area (Å²) in [5.74, 6) is 0. The van der Waals surface area contributed by atoms with Crippen LogP contribution in [0.2, 0.25) is 0 Å². The fourth-order valence-corrected chi connectivity index (χ4v) is 5.55. The molecule has 0 fully saturated rings. The third kappa shape index (κ3) is 3.13. The minimum Gasteiger partial charge on any atom is -0.263 e. The molecule has 0 spiro atoms. The molecular formula is C34H23N. The molecule has 7 aromatic rings. The Balaban J connectivity index is 1.67. The summed E-state index contributed by atoms with van der Waals surface area (Å²) in [5.41, 5.74) is 6.24. The zero-order chi connectivity index (χ0) is 23.4. The van der Waals surface area contributed by atoms with Gasteiger partial charge >= 0.3 is 0 Å². The van der Waals surface area contributed by atoms with Crippen LogP contribution in [0.25, 0.3) is 65.3 Å². The molecule has 6 aromatic carbocycles. The molecule has 0 aliphatic heterocycles. The molecule has 1 heteroatoms. The van der Waals surface area contributed by atoms with Crippen LogP contribution < -0.4 is 0 Å². The lowest BCUT2D eigenvalue weighted by atomic mass is 9.84. The van der Waals surface area contributed by atoms with Gasteiger partial charge in [-0.3, -0.25) is 4.98 Å². The van der Waals surface area contributed by atoms with Crippen molar-refractivity contribution in [3.05, 3.63) is 127 Å². The molecule has 0 radical (unpaired) electrons. The Morgan fingerprint density at radius 3 is 1.94 bits per heavy atom. The highest BCUT2D eigenvalue weighted by Crippen LogP contribution is 2.45. The Labute approximate surface area is 204 Å².